The SMILES string of the molecule is COc1ccc(C)c2sc(N(Cc3ccco3)C(=O)C3CCCN(S(=O)(=O)c4ccc(F)cc4)C3)nc12. The Bertz CT molecular complexity index is 1520. The Morgan fingerprint density at radius 2 is 2.03 bits per heavy atom. The molecular weight excluding hydrogens is 517 g/mol. The molecule has 1 unspecified atom stereocenters. The highest BCUT2D eigenvalue weighted by atomic mass is 32.2. The number of halogens is 1. The minimum Gasteiger partial charge on any atom is -0.494 e. The summed E-state index contributed by atoms with van der Waals surface area (Å²) < 4.78 is 53.1. The predicted molar refractivity (Wildman–Crippen MR) is 139 cm³/mol. The predicted octanol–water partition coefficient (Wildman–Crippen LogP) is 4.98. The summed E-state index contributed by atoms with van der Waals surface area (Å²) in [5.41, 5.74) is 1.68. The molecule has 2 aromatic carbocycles. The molecule has 194 valence electrons. The molecule has 0 spiro atoms. The van der Waals surface area contributed by atoms with E-state index in [4.69, 9.17) is 14.1 Å². The Hall–Kier alpha value is -3.28. The fourth-order valence-electron chi connectivity index (χ4n) is 4.52. The molecule has 2 aromatic heterocycles. The van der Waals surface area contributed by atoms with E-state index in [-0.39, 0.29) is 23.9 Å². The van der Waals surface area contributed by atoms with Crippen molar-refractivity contribution in [2.24, 2.45) is 5.92 Å². The van der Waals surface area contributed by atoms with Gasteiger partial charge < -0.3 is 9.15 Å². The lowest BCUT2D eigenvalue weighted by atomic mass is 9.98. The second-order valence-electron chi connectivity index (χ2n) is 8.92. The lowest BCUT2D eigenvalue weighted by Gasteiger charge is -2.33. The number of piperidine rings is 1. The van der Waals surface area contributed by atoms with Crippen LogP contribution < -0.4 is 9.64 Å². The van der Waals surface area contributed by atoms with Gasteiger partial charge in [0, 0.05) is 13.1 Å². The minimum atomic E-state index is -3.87. The van der Waals surface area contributed by atoms with Crippen molar-refractivity contribution in [1.82, 2.24) is 9.29 Å². The number of amides is 1. The first-order chi connectivity index (χ1) is 17.8. The maximum atomic E-state index is 13.9. The summed E-state index contributed by atoms with van der Waals surface area (Å²) in [6.07, 6.45) is 2.61. The van der Waals surface area contributed by atoms with Gasteiger partial charge in [-0.15, -0.1) is 0 Å². The van der Waals surface area contributed by atoms with Crippen LogP contribution in [0.15, 0.2) is 64.1 Å². The quantitative estimate of drug-likeness (QED) is 0.327. The molecule has 11 heteroatoms. The Morgan fingerprint density at radius 3 is 2.73 bits per heavy atom. The lowest BCUT2D eigenvalue weighted by Crippen LogP contribution is -2.46. The number of carbonyl (C=O) groups excluding carboxylic acids is 1. The summed E-state index contributed by atoms with van der Waals surface area (Å²) in [6.45, 7) is 2.45. The number of furan rings is 1. The highest BCUT2D eigenvalue weighted by Crippen LogP contribution is 2.38. The Morgan fingerprint density at radius 1 is 1.24 bits per heavy atom. The number of anilines is 1. The summed E-state index contributed by atoms with van der Waals surface area (Å²) in [6, 6.07) is 12.1. The number of aromatic nitrogens is 1. The molecule has 37 heavy (non-hydrogen) atoms. The van der Waals surface area contributed by atoms with Gasteiger partial charge in [0.25, 0.3) is 0 Å². The van der Waals surface area contributed by atoms with Crippen LogP contribution >= 0.6 is 11.3 Å². The van der Waals surface area contributed by atoms with E-state index in [1.165, 1.54) is 27.8 Å². The molecule has 1 amide bonds. The summed E-state index contributed by atoms with van der Waals surface area (Å²) in [5, 5.41) is 0.488. The first-order valence-electron chi connectivity index (χ1n) is 11.8. The molecule has 4 aromatic rings. The monoisotopic (exact) mass is 543 g/mol. The van der Waals surface area contributed by atoms with Gasteiger partial charge in [0.1, 0.15) is 22.8 Å². The number of methoxy groups -OCH3 is 1. The zero-order chi connectivity index (χ0) is 26.2. The largest absolute Gasteiger partial charge is 0.494 e. The van der Waals surface area contributed by atoms with Gasteiger partial charge in [0.15, 0.2) is 5.13 Å². The van der Waals surface area contributed by atoms with Gasteiger partial charge in [0.2, 0.25) is 15.9 Å². The van der Waals surface area contributed by atoms with Crippen LogP contribution in [0.1, 0.15) is 24.2 Å². The van der Waals surface area contributed by atoms with Crippen molar-refractivity contribution in [3.05, 3.63) is 71.9 Å². The van der Waals surface area contributed by atoms with Crippen molar-refractivity contribution in [3.8, 4) is 5.75 Å². The molecule has 1 atom stereocenters. The highest BCUT2D eigenvalue weighted by Gasteiger charge is 2.36. The van der Waals surface area contributed by atoms with Crippen molar-refractivity contribution in [1.29, 1.82) is 0 Å². The van der Waals surface area contributed by atoms with E-state index in [1.807, 2.05) is 19.1 Å². The number of carbonyl (C=O) groups is 1. The van der Waals surface area contributed by atoms with Crippen LogP contribution in [0, 0.1) is 18.7 Å². The normalized spacial score (nSPS) is 16.7. The molecule has 0 bridgehead atoms. The van der Waals surface area contributed by atoms with E-state index >= 15 is 0 Å². The van der Waals surface area contributed by atoms with Crippen LogP contribution in [-0.4, -0.2) is 43.8 Å². The maximum absolute atomic E-state index is 13.9. The molecule has 1 fully saturated rings. The molecular formula is C26H26FN3O5S2. The van der Waals surface area contributed by atoms with E-state index in [2.05, 4.69) is 0 Å². The number of thiazole rings is 1. The van der Waals surface area contributed by atoms with E-state index in [9.17, 15) is 17.6 Å². The van der Waals surface area contributed by atoms with Gasteiger partial charge in [-0.25, -0.2) is 17.8 Å². The third kappa shape index (κ3) is 4.98. The number of ether oxygens (including phenoxy) is 1. The van der Waals surface area contributed by atoms with E-state index in [0.29, 0.717) is 41.5 Å². The Kier molecular flexibility index (Phi) is 7.02. The van der Waals surface area contributed by atoms with Gasteiger partial charge in [-0.3, -0.25) is 9.69 Å². The standard InChI is InChI=1S/C26H26FN3O5S2/c1-17-7-12-22(34-2)23-24(17)36-26(28-23)30(16-20-6-4-14-35-20)25(31)18-5-3-13-29(15-18)37(32,33)21-10-8-19(27)9-11-21/h4,6-12,14,18H,3,5,13,15-16H2,1-2H3. The Labute approximate surface area is 218 Å². The number of benzene rings is 2. The van der Waals surface area contributed by atoms with Gasteiger partial charge >= 0.3 is 0 Å². The smallest absolute Gasteiger partial charge is 0.243 e. The third-order valence-electron chi connectivity index (χ3n) is 6.49. The zero-order valence-corrected chi connectivity index (χ0v) is 22.0. The van der Waals surface area contributed by atoms with E-state index < -0.39 is 21.8 Å². The van der Waals surface area contributed by atoms with Crippen LogP contribution in [-0.2, 0) is 21.4 Å². The third-order valence-corrected chi connectivity index (χ3v) is 9.58. The molecule has 1 aliphatic heterocycles. The van der Waals surface area contributed by atoms with Gasteiger partial charge in [-0.1, -0.05) is 17.4 Å². The number of hydrogen-bond donors (Lipinski definition) is 0. The molecule has 0 radical (unpaired) electrons. The number of sulfonamides is 1. The van der Waals surface area contributed by atoms with E-state index in [1.54, 1.807) is 30.4 Å². The first-order valence-corrected chi connectivity index (χ1v) is 14.1. The molecule has 5 rings (SSSR count). The summed E-state index contributed by atoms with van der Waals surface area (Å²) in [4.78, 5) is 20.3. The molecule has 3 heterocycles. The van der Waals surface area contributed by atoms with Crippen LogP contribution in [0.3, 0.4) is 0 Å². The van der Waals surface area contributed by atoms with Gasteiger partial charge in [-0.2, -0.15) is 4.31 Å². The topological polar surface area (TPSA) is 93.0 Å². The molecule has 0 N–H and O–H groups in total. The summed E-state index contributed by atoms with van der Waals surface area (Å²) in [5.74, 6) is -0.118. The number of nitrogens with zero attached hydrogens (tertiary/aromatic N) is 3. The Balaban J connectivity index is 1.47. The summed E-state index contributed by atoms with van der Waals surface area (Å²) in [7, 11) is -2.30. The lowest BCUT2D eigenvalue weighted by molar-refractivity contribution is -0.123. The van der Waals surface area contributed by atoms with Crippen LogP contribution in [0.25, 0.3) is 10.2 Å². The van der Waals surface area contributed by atoms with Crippen molar-refractivity contribution < 1.29 is 26.8 Å². The number of fused-ring (bicyclic) bond motifs is 1. The van der Waals surface area contributed by atoms with E-state index in [0.717, 1.165) is 22.4 Å². The average molecular weight is 544 g/mol. The van der Waals surface area contributed by atoms with Crippen molar-refractivity contribution in [2.45, 2.75) is 31.2 Å². The van der Waals surface area contributed by atoms with Gasteiger partial charge in [-0.05, 0) is 67.8 Å². The number of rotatable bonds is 7. The molecule has 8 nitrogen and oxygen atoms in total. The van der Waals surface area contributed by atoms with Crippen LogP contribution in [0.4, 0.5) is 9.52 Å². The fourth-order valence-corrected chi connectivity index (χ4v) is 7.10. The molecule has 0 saturated carbocycles. The maximum Gasteiger partial charge on any atom is 0.243 e. The fraction of sp³-hybridized carbons (Fsp3) is 0.308. The summed E-state index contributed by atoms with van der Waals surface area (Å²) >= 11 is 1.39. The minimum absolute atomic E-state index is 0.00295. The van der Waals surface area contributed by atoms with Crippen molar-refractivity contribution >= 4 is 42.6 Å². The molecule has 1 aliphatic rings. The average Bonchev–Trinajstić information content (AvgIpc) is 3.58. The van der Waals surface area contributed by atoms with Crippen molar-refractivity contribution in [3.63, 3.8) is 0 Å². The number of hydrogen-bond acceptors (Lipinski definition) is 7. The molecule has 1 saturated heterocycles. The number of aryl methyl sites for hydroxylation is 1. The van der Waals surface area contributed by atoms with Gasteiger partial charge in [0.05, 0.1) is 35.4 Å². The van der Waals surface area contributed by atoms with Crippen LogP contribution in [0.5, 0.6) is 5.75 Å². The van der Waals surface area contributed by atoms with Crippen molar-refractivity contribution in [2.75, 3.05) is 25.1 Å². The highest BCUT2D eigenvalue weighted by molar-refractivity contribution is 7.89. The second kappa shape index (κ2) is 10.2. The van der Waals surface area contributed by atoms with Crippen LogP contribution in [0.2, 0.25) is 0 Å². The molecule has 0 aliphatic carbocycles. The zero-order valence-electron chi connectivity index (χ0n) is 20.4. The first kappa shape index (κ1) is 25.4. The second-order valence-corrected chi connectivity index (χ2v) is 11.8.